The highest BCUT2D eigenvalue weighted by atomic mass is 127. The van der Waals surface area contributed by atoms with Crippen LogP contribution in [-0.2, 0) is 6.42 Å². The van der Waals surface area contributed by atoms with Crippen molar-refractivity contribution in [3.8, 4) is 0 Å². The lowest BCUT2D eigenvalue weighted by atomic mass is 10.0. The molecule has 0 aromatic carbocycles. The zero-order chi connectivity index (χ0) is 18.4. The van der Waals surface area contributed by atoms with E-state index in [-0.39, 0.29) is 24.0 Å². The van der Waals surface area contributed by atoms with Crippen LogP contribution in [0.4, 0.5) is 0 Å². The van der Waals surface area contributed by atoms with Gasteiger partial charge in [-0.15, -0.1) is 24.0 Å². The average Bonchev–Trinajstić information content (AvgIpc) is 3.33. The molecule has 1 aliphatic heterocycles. The fourth-order valence-electron chi connectivity index (χ4n) is 3.96. The summed E-state index contributed by atoms with van der Waals surface area (Å²) >= 11 is 0. The molecule has 1 aromatic rings. The van der Waals surface area contributed by atoms with Crippen LogP contribution in [0.2, 0.25) is 0 Å². The summed E-state index contributed by atoms with van der Waals surface area (Å²) in [5.41, 5.74) is 0. The number of nitrogens with one attached hydrogen (secondary N) is 2. The fraction of sp³-hybridized carbons (Fsp3) is 0.842. The summed E-state index contributed by atoms with van der Waals surface area (Å²) in [6.45, 7) is 7.28. The monoisotopic (exact) mass is 490 g/mol. The highest BCUT2D eigenvalue weighted by Gasteiger charge is 2.27. The summed E-state index contributed by atoms with van der Waals surface area (Å²) in [5, 5.41) is 10.9. The van der Waals surface area contributed by atoms with Gasteiger partial charge in [-0.2, -0.15) is 4.98 Å². The van der Waals surface area contributed by atoms with Crippen LogP contribution < -0.4 is 10.6 Å². The van der Waals surface area contributed by atoms with E-state index in [1.165, 1.54) is 51.6 Å². The van der Waals surface area contributed by atoms with Crippen LogP contribution in [0, 0.1) is 0 Å². The molecule has 1 aromatic heterocycles. The van der Waals surface area contributed by atoms with Crippen LogP contribution in [0.15, 0.2) is 9.52 Å². The number of aromatic nitrogens is 2. The second-order valence-corrected chi connectivity index (χ2v) is 7.84. The van der Waals surface area contributed by atoms with Crippen molar-refractivity contribution in [1.29, 1.82) is 0 Å². The van der Waals surface area contributed by atoms with Crippen molar-refractivity contribution in [3.63, 3.8) is 0 Å². The molecule has 0 bridgehead atoms. The predicted octanol–water partition coefficient (Wildman–Crippen LogP) is 2.93. The number of guanidine groups is 1. The lowest BCUT2D eigenvalue weighted by Gasteiger charge is -2.36. The number of likely N-dealkylation sites (tertiary alicyclic amines) is 1. The maximum atomic E-state index is 5.28. The van der Waals surface area contributed by atoms with E-state index in [9.17, 15) is 0 Å². The second kappa shape index (κ2) is 11.2. The summed E-state index contributed by atoms with van der Waals surface area (Å²) < 4.78 is 5.28. The molecule has 0 unspecified atom stereocenters. The molecule has 1 saturated heterocycles. The Morgan fingerprint density at radius 1 is 1.22 bits per heavy atom. The lowest BCUT2D eigenvalue weighted by molar-refractivity contribution is 0.150. The number of nitrogens with zero attached hydrogens (tertiary/aromatic N) is 4. The van der Waals surface area contributed by atoms with Crippen molar-refractivity contribution in [2.45, 2.75) is 76.8 Å². The van der Waals surface area contributed by atoms with Gasteiger partial charge in [0.25, 0.3) is 0 Å². The minimum atomic E-state index is 0. The molecule has 2 aliphatic rings. The lowest BCUT2D eigenvalue weighted by Crippen LogP contribution is -2.50. The van der Waals surface area contributed by atoms with Crippen molar-refractivity contribution in [1.82, 2.24) is 25.7 Å². The first-order valence-electron chi connectivity index (χ1n) is 10.2. The zero-order valence-electron chi connectivity index (χ0n) is 16.9. The highest BCUT2D eigenvalue weighted by Crippen LogP contribution is 2.26. The number of aliphatic imine (C=N–C) groups is 1. The summed E-state index contributed by atoms with van der Waals surface area (Å²) in [7, 11) is 1.83. The van der Waals surface area contributed by atoms with E-state index in [1.807, 2.05) is 7.05 Å². The molecule has 7 nitrogen and oxygen atoms in total. The summed E-state index contributed by atoms with van der Waals surface area (Å²) in [6.07, 6.45) is 8.72. The standard InChI is InChI=1S/C19H34N6O.HI/c1-14(2)18-23-17(26-24-18)8-11-21-19(20-3)22-15-9-12-25(13-10-15)16-6-4-5-7-16;/h14-16H,4-13H2,1-3H3,(H2,20,21,22);1H. The number of hydrogen-bond donors (Lipinski definition) is 2. The summed E-state index contributed by atoms with van der Waals surface area (Å²) in [6, 6.07) is 1.35. The van der Waals surface area contributed by atoms with Gasteiger partial charge < -0.3 is 20.1 Å². The molecular weight excluding hydrogens is 455 g/mol. The van der Waals surface area contributed by atoms with Gasteiger partial charge in [0.1, 0.15) is 0 Å². The van der Waals surface area contributed by atoms with Crippen molar-refractivity contribution in [2.75, 3.05) is 26.7 Å². The maximum absolute atomic E-state index is 5.28. The van der Waals surface area contributed by atoms with E-state index < -0.39 is 0 Å². The predicted molar refractivity (Wildman–Crippen MR) is 119 cm³/mol. The molecule has 2 N–H and O–H groups in total. The molecule has 8 heteroatoms. The van der Waals surface area contributed by atoms with Gasteiger partial charge in [0, 0.05) is 51.1 Å². The third-order valence-corrected chi connectivity index (χ3v) is 5.57. The fourth-order valence-corrected chi connectivity index (χ4v) is 3.96. The van der Waals surface area contributed by atoms with Crippen molar-refractivity contribution < 1.29 is 4.52 Å². The van der Waals surface area contributed by atoms with Gasteiger partial charge in [-0.25, -0.2) is 0 Å². The van der Waals surface area contributed by atoms with Gasteiger partial charge in [-0.05, 0) is 25.7 Å². The van der Waals surface area contributed by atoms with Gasteiger partial charge in [0.2, 0.25) is 5.89 Å². The zero-order valence-corrected chi connectivity index (χ0v) is 19.2. The average molecular weight is 490 g/mol. The molecule has 154 valence electrons. The Morgan fingerprint density at radius 2 is 1.93 bits per heavy atom. The molecule has 2 heterocycles. The minimum absolute atomic E-state index is 0. The Bertz CT molecular complexity index is 577. The maximum Gasteiger partial charge on any atom is 0.228 e. The second-order valence-electron chi connectivity index (χ2n) is 7.84. The van der Waals surface area contributed by atoms with Gasteiger partial charge in [-0.3, -0.25) is 4.99 Å². The number of rotatable bonds is 6. The highest BCUT2D eigenvalue weighted by molar-refractivity contribution is 14.0. The molecule has 27 heavy (non-hydrogen) atoms. The van der Waals surface area contributed by atoms with Crippen LogP contribution in [0.25, 0.3) is 0 Å². The molecule has 0 atom stereocenters. The van der Waals surface area contributed by atoms with E-state index >= 15 is 0 Å². The first-order chi connectivity index (χ1) is 12.7. The van der Waals surface area contributed by atoms with E-state index in [0.29, 0.717) is 24.3 Å². The Hall–Kier alpha value is -0.900. The molecule has 0 amide bonds. The van der Waals surface area contributed by atoms with Crippen LogP contribution in [-0.4, -0.2) is 59.8 Å². The summed E-state index contributed by atoms with van der Waals surface area (Å²) in [4.78, 5) is 11.5. The normalized spacial score (nSPS) is 20.1. The number of hydrogen-bond acceptors (Lipinski definition) is 5. The minimum Gasteiger partial charge on any atom is -0.356 e. The summed E-state index contributed by atoms with van der Waals surface area (Å²) in [5.74, 6) is 2.62. The smallest absolute Gasteiger partial charge is 0.228 e. The van der Waals surface area contributed by atoms with Crippen LogP contribution in [0.1, 0.15) is 70.0 Å². The van der Waals surface area contributed by atoms with Gasteiger partial charge >= 0.3 is 0 Å². The number of piperidine rings is 1. The van der Waals surface area contributed by atoms with Crippen molar-refractivity contribution >= 4 is 29.9 Å². The van der Waals surface area contributed by atoms with Crippen LogP contribution in [0.3, 0.4) is 0 Å². The Kier molecular flexibility index (Phi) is 9.28. The molecular formula is C19H35IN6O. The van der Waals surface area contributed by atoms with Crippen LogP contribution in [0.5, 0.6) is 0 Å². The van der Waals surface area contributed by atoms with E-state index in [2.05, 4.69) is 44.5 Å². The van der Waals surface area contributed by atoms with Gasteiger partial charge in [-0.1, -0.05) is 31.8 Å². The third-order valence-electron chi connectivity index (χ3n) is 5.57. The molecule has 0 spiro atoms. The third kappa shape index (κ3) is 6.58. The first-order valence-corrected chi connectivity index (χ1v) is 10.2. The quantitative estimate of drug-likeness (QED) is 0.363. The molecule has 0 radical (unpaired) electrons. The molecule has 2 fully saturated rings. The Balaban J connectivity index is 0.00000261. The van der Waals surface area contributed by atoms with Crippen molar-refractivity contribution in [3.05, 3.63) is 11.7 Å². The van der Waals surface area contributed by atoms with Gasteiger partial charge in [0.05, 0.1) is 0 Å². The number of halogens is 1. The molecule has 1 saturated carbocycles. The van der Waals surface area contributed by atoms with E-state index in [0.717, 1.165) is 24.4 Å². The molecule has 3 rings (SSSR count). The Labute approximate surface area is 180 Å². The Morgan fingerprint density at radius 3 is 2.52 bits per heavy atom. The van der Waals surface area contributed by atoms with Crippen LogP contribution >= 0.6 is 24.0 Å². The largest absolute Gasteiger partial charge is 0.356 e. The first kappa shape index (κ1) is 22.4. The van der Waals surface area contributed by atoms with Gasteiger partial charge in [0.15, 0.2) is 11.8 Å². The van der Waals surface area contributed by atoms with E-state index in [4.69, 9.17) is 4.52 Å². The van der Waals surface area contributed by atoms with Crippen molar-refractivity contribution in [2.24, 2.45) is 4.99 Å². The van der Waals surface area contributed by atoms with E-state index in [1.54, 1.807) is 0 Å². The topological polar surface area (TPSA) is 78.6 Å². The molecule has 1 aliphatic carbocycles. The SMILES string of the molecule is CN=C(NCCc1nc(C(C)C)no1)NC1CCN(C2CCCC2)CC1.I.